The summed E-state index contributed by atoms with van der Waals surface area (Å²) in [6, 6.07) is 14.6. The lowest BCUT2D eigenvalue weighted by molar-refractivity contribution is -0.137. The lowest BCUT2D eigenvalue weighted by Gasteiger charge is -2.34. The Morgan fingerprint density at radius 2 is 1.87 bits per heavy atom. The van der Waals surface area contributed by atoms with Gasteiger partial charge in [0.15, 0.2) is 0 Å². The van der Waals surface area contributed by atoms with E-state index in [0.29, 0.717) is 11.3 Å². The molecule has 1 atom stereocenters. The van der Waals surface area contributed by atoms with Crippen molar-refractivity contribution in [2.75, 3.05) is 19.7 Å². The molecule has 1 amide bonds. The van der Waals surface area contributed by atoms with E-state index < -0.39 is 11.7 Å². The molecule has 3 aromatic carbocycles. The molecule has 5 nitrogen and oxygen atoms in total. The highest BCUT2D eigenvalue weighted by Crippen LogP contribution is 2.33. The average molecular weight is 430 g/mol. The van der Waals surface area contributed by atoms with Crippen molar-refractivity contribution in [3.8, 4) is 11.5 Å². The van der Waals surface area contributed by atoms with E-state index in [1.807, 2.05) is 6.07 Å². The Kier molecular flexibility index (Phi) is 5.84. The zero-order valence-corrected chi connectivity index (χ0v) is 16.4. The third kappa shape index (κ3) is 4.65. The minimum Gasteiger partial charge on any atom is -0.457 e. The third-order valence-electron chi connectivity index (χ3n) is 5.41. The van der Waals surface area contributed by atoms with Gasteiger partial charge < -0.3 is 20.5 Å². The van der Waals surface area contributed by atoms with Crippen LogP contribution in [0.4, 0.5) is 13.2 Å². The molecule has 0 bridgehead atoms. The Balaban J connectivity index is 1.53. The van der Waals surface area contributed by atoms with Crippen LogP contribution < -0.4 is 15.4 Å². The Labute approximate surface area is 176 Å². The summed E-state index contributed by atoms with van der Waals surface area (Å²) in [6.07, 6.45) is -4.40. The molecule has 4 rings (SSSR count). The first-order valence-corrected chi connectivity index (χ1v) is 9.85. The summed E-state index contributed by atoms with van der Waals surface area (Å²) >= 11 is 0. The summed E-state index contributed by atoms with van der Waals surface area (Å²) < 4.78 is 44.0. The Morgan fingerprint density at radius 1 is 1.13 bits per heavy atom. The van der Waals surface area contributed by atoms with Crippen LogP contribution in [0, 0.1) is 5.92 Å². The largest absolute Gasteiger partial charge is 0.457 e. The predicted octanol–water partition coefficient (Wildman–Crippen LogP) is 3.96. The maximum atomic E-state index is 12.7. The van der Waals surface area contributed by atoms with Crippen LogP contribution in [0.2, 0.25) is 0 Å². The zero-order chi connectivity index (χ0) is 22.0. The second-order valence-corrected chi connectivity index (χ2v) is 7.50. The first-order chi connectivity index (χ1) is 14.8. The first-order valence-electron chi connectivity index (χ1n) is 9.85. The summed E-state index contributed by atoms with van der Waals surface area (Å²) in [4.78, 5) is 12.6. The van der Waals surface area contributed by atoms with Gasteiger partial charge in [-0.3, -0.25) is 4.79 Å². The minimum atomic E-state index is -4.40. The number of halogens is 3. The van der Waals surface area contributed by atoms with Gasteiger partial charge in [0.25, 0.3) is 5.91 Å². The quantitative estimate of drug-likeness (QED) is 0.554. The molecule has 0 unspecified atom stereocenters. The molecule has 8 heteroatoms. The molecule has 31 heavy (non-hydrogen) atoms. The van der Waals surface area contributed by atoms with Crippen molar-refractivity contribution < 1.29 is 27.8 Å². The number of hydrogen-bond donors (Lipinski definition) is 3. The van der Waals surface area contributed by atoms with Crippen LogP contribution in [-0.4, -0.2) is 36.8 Å². The molecule has 1 aliphatic heterocycles. The maximum Gasteiger partial charge on any atom is 0.416 e. The maximum absolute atomic E-state index is 12.7. The lowest BCUT2D eigenvalue weighted by atomic mass is 9.94. The number of alkyl halides is 3. The number of nitrogens with one attached hydrogen (secondary N) is 2. The van der Waals surface area contributed by atoms with Crippen molar-refractivity contribution >= 4 is 16.7 Å². The Bertz CT molecular complexity index is 1080. The van der Waals surface area contributed by atoms with E-state index in [-0.39, 0.29) is 30.2 Å². The molecule has 3 aromatic rings. The molecule has 1 saturated heterocycles. The minimum absolute atomic E-state index is 0.128. The van der Waals surface area contributed by atoms with Crippen LogP contribution in [0.5, 0.6) is 11.5 Å². The van der Waals surface area contributed by atoms with Gasteiger partial charge in [0.2, 0.25) is 0 Å². The van der Waals surface area contributed by atoms with E-state index in [2.05, 4.69) is 10.6 Å². The van der Waals surface area contributed by atoms with Crippen LogP contribution >= 0.6 is 0 Å². The van der Waals surface area contributed by atoms with Crippen LogP contribution in [0.3, 0.4) is 0 Å². The zero-order valence-electron chi connectivity index (χ0n) is 16.4. The van der Waals surface area contributed by atoms with Crippen LogP contribution in [0.1, 0.15) is 15.9 Å². The number of hydrogen-bond acceptors (Lipinski definition) is 4. The molecule has 1 heterocycles. The van der Waals surface area contributed by atoms with Crippen molar-refractivity contribution in [2.45, 2.75) is 12.2 Å². The van der Waals surface area contributed by atoms with E-state index in [1.54, 1.807) is 30.3 Å². The van der Waals surface area contributed by atoms with E-state index in [9.17, 15) is 23.1 Å². The number of aliphatic hydroxyl groups excluding tert-OH is 1. The van der Waals surface area contributed by atoms with Gasteiger partial charge in [-0.2, -0.15) is 13.2 Å². The molecule has 0 spiro atoms. The molecule has 1 aliphatic rings. The van der Waals surface area contributed by atoms with Crippen LogP contribution in [0.15, 0.2) is 60.7 Å². The van der Waals surface area contributed by atoms with E-state index >= 15 is 0 Å². The molecule has 0 aliphatic carbocycles. The second-order valence-electron chi connectivity index (χ2n) is 7.50. The summed E-state index contributed by atoms with van der Waals surface area (Å²) in [5.74, 6) is 0.681. The van der Waals surface area contributed by atoms with Crippen molar-refractivity contribution in [2.24, 2.45) is 5.92 Å². The van der Waals surface area contributed by atoms with Crippen LogP contribution in [0.25, 0.3) is 10.8 Å². The topological polar surface area (TPSA) is 70.6 Å². The highest BCUT2D eigenvalue weighted by atomic mass is 19.4. The van der Waals surface area contributed by atoms with Crippen molar-refractivity contribution in [3.63, 3.8) is 0 Å². The van der Waals surface area contributed by atoms with Crippen molar-refractivity contribution in [1.82, 2.24) is 10.6 Å². The first kappa shape index (κ1) is 21.1. The van der Waals surface area contributed by atoms with E-state index in [0.717, 1.165) is 36.0 Å². The Hall–Kier alpha value is -3.10. The number of ether oxygens (including phenoxy) is 1. The smallest absolute Gasteiger partial charge is 0.416 e. The fourth-order valence-electron chi connectivity index (χ4n) is 3.48. The fraction of sp³-hybridized carbons (Fsp3) is 0.261. The molecule has 1 fully saturated rings. The normalized spacial score (nSPS) is 15.4. The number of benzene rings is 3. The molecule has 0 radical (unpaired) electrons. The summed E-state index contributed by atoms with van der Waals surface area (Å²) in [5.41, 5.74) is -0.294. The summed E-state index contributed by atoms with van der Waals surface area (Å²) in [5, 5.41) is 17.0. The number of fused-ring (bicyclic) bond motifs is 1. The summed E-state index contributed by atoms with van der Waals surface area (Å²) in [7, 11) is 0. The molecular weight excluding hydrogens is 409 g/mol. The standard InChI is InChI=1S/C23H21F3N2O3/c24-23(25,26)17-5-7-18(8-6-17)31-21-3-1-2-14-10-15(4-9-19(14)21)22(30)28-20(13-29)16-11-27-12-16/h1-10,16,20,27,29H,11-13H2,(H,28,30)/t20-/m0/s1. The SMILES string of the molecule is O=C(N[C@@H](CO)C1CNC1)c1ccc2c(Oc3ccc(C(F)(F)F)cc3)cccc2c1. The number of carbonyl (C=O) groups is 1. The van der Waals surface area contributed by atoms with Crippen molar-refractivity contribution in [1.29, 1.82) is 0 Å². The van der Waals surface area contributed by atoms with E-state index in [4.69, 9.17) is 4.74 Å². The van der Waals surface area contributed by atoms with Crippen LogP contribution in [-0.2, 0) is 6.18 Å². The van der Waals surface area contributed by atoms with Gasteiger partial charge in [0, 0.05) is 30.0 Å². The highest BCUT2D eigenvalue weighted by Gasteiger charge is 2.30. The Morgan fingerprint density at radius 3 is 2.48 bits per heavy atom. The fourth-order valence-corrected chi connectivity index (χ4v) is 3.48. The number of aliphatic hydroxyl groups is 1. The van der Waals surface area contributed by atoms with Gasteiger partial charge in [-0.1, -0.05) is 12.1 Å². The number of carbonyl (C=O) groups excluding carboxylic acids is 1. The van der Waals surface area contributed by atoms with E-state index in [1.165, 1.54) is 12.1 Å². The highest BCUT2D eigenvalue weighted by molar-refractivity contribution is 6.00. The lowest BCUT2D eigenvalue weighted by Crippen LogP contribution is -2.56. The van der Waals surface area contributed by atoms with Crippen molar-refractivity contribution in [3.05, 3.63) is 71.8 Å². The molecule has 0 saturated carbocycles. The van der Waals surface area contributed by atoms with Gasteiger partial charge in [0.05, 0.1) is 18.2 Å². The molecule has 3 N–H and O–H groups in total. The molecule has 0 aromatic heterocycles. The monoisotopic (exact) mass is 430 g/mol. The number of rotatable bonds is 6. The third-order valence-corrected chi connectivity index (χ3v) is 5.41. The molecule has 162 valence electrons. The van der Waals surface area contributed by atoms with Gasteiger partial charge in [0.1, 0.15) is 11.5 Å². The van der Waals surface area contributed by atoms with Gasteiger partial charge >= 0.3 is 6.18 Å². The van der Waals surface area contributed by atoms with Gasteiger partial charge in [-0.25, -0.2) is 0 Å². The molecular formula is C23H21F3N2O3. The average Bonchev–Trinajstić information content (AvgIpc) is 2.71. The predicted molar refractivity (Wildman–Crippen MR) is 110 cm³/mol. The number of amides is 1. The second kappa shape index (κ2) is 8.56. The van der Waals surface area contributed by atoms with Gasteiger partial charge in [-0.05, 0) is 53.9 Å². The summed E-state index contributed by atoms with van der Waals surface area (Å²) in [6.45, 7) is 1.39. The van der Waals surface area contributed by atoms with Gasteiger partial charge in [-0.15, -0.1) is 0 Å².